The number of benzene rings is 4. The second-order valence-corrected chi connectivity index (χ2v) is 11.9. The van der Waals surface area contributed by atoms with Crippen LogP contribution in [0.4, 0.5) is 5.69 Å². The van der Waals surface area contributed by atoms with Gasteiger partial charge in [-0.25, -0.2) is 0 Å². The van der Waals surface area contributed by atoms with Crippen molar-refractivity contribution in [1.29, 1.82) is 0 Å². The van der Waals surface area contributed by atoms with Gasteiger partial charge < -0.3 is 15.0 Å². The van der Waals surface area contributed by atoms with Crippen LogP contribution in [0.1, 0.15) is 50.4 Å². The molecule has 0 unspecified atom stereocenters. The Morgan fingerprint density at radius 1 is 0.886 bits per heavy atom. The van der Waals surface area contributed by atoms with Crippen molar-refractivity contribution < 1.29 is 23.9 Å². The molecule has 4 atom stereocenters. The van der Waals surface area contributed by atoms with Gasteiger partial charge in [0.05, 0.1) is 17.0 Å². The maximum absolute atomic E-state index is 14.9. The lowest BCUT2D eigenvalue weighted by molar-refractivity contribution is -0.131. The minimum Gasteiger partial charge on any atom is -0.427 e. The van der Waals surface area contributed by atoms with Crippen LogP contribution in [0.15, 0.2) is 97.2 Å². The van der Waals surface area contributed by atoms with E-state index in [0.29, 0.717) is 21.8 Å². The standard InChI is InChI=1S/C35H24Cl2N2O5/c1-19(40)44-23-13-10-21(11-14-23)31(41)30-29(32(42)25-15-12-22(36)18-27(25)37)35(26-8-4-5-9-28(26)38-34(35)43)33-24-7-3-2-6-20(24)16-17-39(30)33/h2-18,29-30,33H,1H3,(H,38,43)/t29-,30+,33+,35-/m0/s1. The zero-order valence-corrected chi connectivity index (χ0v) is 24.8. The van der Waals surface area contributed by atoms with E-state index in [1.54, 1.807) is 30.5 Å². The normalized spacial score (nSPS) is 22.7. The van der Waals surface area contributed by atoms with Crippen LogP contribution in [0.3, 0.4) is 0 Å². The van der Waals surface area contributed by atoms with Gasteiger partial charge in [-0.1, -0.05) is 65.7 Å². The molecule has 1 amide bonds. The number of para-hydroxylation sites is 1. The smallest absolute Gasteiger partial charge is 0.308 e. The third kappa shape index (κ3) is 4.11. The van der Waals surface area contributed by atoms with Crippen LogP contribution in [-0.2, 0) is 15.0 Å². The van der Waals surface area contributed by atoms with Crippen LogP contribution in [0.25, 0.3) is 6.08 Å². The minimum absolute atomic E-state index is 0.127. The number of carbonyl (C=O) groups excluding carboxylic acids is 4. The van der Waals surface area contributed by atoms with Crippen molar-refractivity contribution in [3.05, 3.63) is 135 Å². The molecule has 3 aliphatic heterocycles. The zero-order chi connectivity index (χ0) is 30.7. The fourth-order valence-corrected chi connectivity index (χ4v) is 7.55. The third-order valence-electron chi connectivity index (χ3n) is 8.72. The highest BCUT2D eigenvalue weighted by atomic mass is 35.5. The quantitative estimate of drug-likeness (QED) is 0.148. The predicted molar refractivity (Wildman–Crippen MR) is 167 cm³/mol. The summed E-state index contributed by atoms with van der Waals surface area (Å²) in [5, 5.41) is 3.50. The van der Waals surface area contributed by atoms with E-state index in [-0.39, 0.29) is 28.0 Å². The second-order valence-electron chi connectivity index (χ2n) is 11.1. The number of halogens is 2. The molecule has 9 heteroatoms. The van der Waals surface area contributed by atoms with Gasteiger partial charge in [-0.3, -0.25) is 19.2 Å². The number of nitrogens with zero attached hydrogens (tertiary/aromatic N) is 1. The van der Waals surface area contributed by atoms with Crippen molar-refractivity contribution in [2.75, 3.05) is 5.32 Å². The molecular weight excluding hydrogens is 599 g/mol. The molecule has 1 spiro atoms. The lowest BCUT2D eigenvalue weighted by atomic mass is 9.62. The van der Waals surface area contributed by atoms with E-state index in [4.69, 9.17) is 27.9 Å². The highest BCUT2D eigenvalue weighted by Gasteiger charge is 2.70. The molecule has 0 saturated carbocycles. The number of nitrogens with one attached hydrogen (secondary N) is 1. The molecule has 4 aromatic rings. The van der Waals surface area contributed by atoms with Crippen LogP contribution in [0, 0.1) is 5.92 Å². The summed E-state index contributed by atoms with van der Waals surface area (Å²) in [5.41, 5.74) is 1.90. The summed E-state index contributed by atoms with van der Waals surface area (Å²) in [6, 6.07) is 23.9. The van der Waals surface area contributed by atoms with Crippen LogP contribution in [-0.4, -0.2) is 34.4 Å². The Hall–Kier alpha value is -4.72. The van der Waals surface area contributed by atoms with E-state index in [1.165, 1.54) is 31.2 Å². The molecule has 7 rings (SSSR count). The number of ether oxygens (including phenoxy) is 1. The van der Waals surface area contributed by atoms with Gasteiger partial charge in [0.15, 0.2) is 11.6 Å². The molecule has 0 radical (unpaired) electrons. The fraction of sp³-hybridized carbons (Fsp3) is 0.143. The monoisotopic (exact) mass is 622 g/mol. The van der Waals surface area contributed by atoms with Gasteiger partial charge >= 0.3 is 5.97 Å². The number of fused-ring (bicyclic) bond motifs is 6. The van der Waals surface area contributed by atoms with Crippen molar-refractivity contribution in [3.8, 4) is 5.75 Å². The van der Waals surface area contributed by atoms with Crippen molar-refractivity contribution in [3.63, 3.8) is 0 Å². The summed E-state index contributed by atoms with van der Waals surface area (Å²) in [6.07, 6.45) is 3.69. The Kier molecular flexibility index (Phi) is 6.68. The fourth-order valence-electron chi connectivity index (χ4n) is 7.05. The number of amides is 1. The number of anilines is 1. The lowest BCUT2D eigenvalue weighted by Crippen LogP contribution is -2.49. The molecule has 44 heavy (non-hydrogen) atoms. The van der Waals surface area contributed by atoms with E-state index in [0.717, 1.165) is 11.1 Å². The third-order valence-corrected chi connectivity index (χ3v) is 9.27. The Morgan fingerprint density at radius 3 is 2.36 bits per heavy atom. The van der Waals surface area contributed by atoms with E-state index in [9.17, 15) is 19.2 Å². The maximum Gasteiger partial charge on any atom is 0.308 e. The van der Waals surface area contributed by atoms with Gasteiger partial charge in [0.2, 0.25) is 5.91 Å². The molecule has 7 nitrogen and oxygen atoms in total. The van der Waals surface area contributed by atoms with Crippen LogP contribution in [0.2, 0.25) is 10.0 Å². The highest BCUT2D eigenvalue weighted by Crippen LogP contribution is 2.62. The van der Waals surface area contributed by atoms with Crippen LogP contribution < -0.4 is 10.1 Å². The minimum atomic E-state index is -1.49. The van der Waals surface area contributed by atoms with Gasteiger partial charge in [-0.2, -0.15) is 0 Å². The first kappa shape index (κ1) is 28.1. The highest BCUT2D eigenvalue weighted by molar-refractivity contribution is 6.37. The second kappa shape index (κ2) is 10.5. The van der Waals surface area contributed by atoms with Gasteiger partial charge in [-0.15, -0.1) is 0 Å². The van der Waals surface area contributed by atoms with Crippen LogP contribution >= 0.6 is 23.2 Å². The van der Waals surface area contributed by atoms with E-state index in [1.807, 2.05) is 53.4 Å². The first-order valence-corrected chi connectivity index (χ1v) is 14.7. The number of esters is 1. The van der Waals surface area contributed by atoms with E-state index < -0.39 is 35.2 Å². The topological polar surface area (TPSA) is 92.8 Å². The van der Waals surface area contributed by atoms with Gasteiger partial charge in [0, 0.05) is 35.0 Å². The van der Waals surface area contributed by atoms with E-state index >= 15 is 0 Å². The Balaban J connectivity index is 1.49. The van der Waals surface area contributed by atoms with Crippen molar-refractivity contribution in [2.24, 2.45) is 5.92 Å². The molecule has 3 heterocycles. The molecule has 3 aliphatic rings. The molecule has 4 aromatic carbocycles. The van der Waals surface area contributed by atoms with Gasteiger partial charge in [0.1, 0.15) is 17.2 Å². The number of hydrogen-bond donors (Lipinski definition) is 1. The average molecular weight is 623 g/mol. The lowest BCUT2D eigenvalue weighted by Gasteiger charge is -2.38. The SMILES string of the molecule is CC(=O)Oc1ccc(C(=O)[C@H]2[C@@H](C(=O)c3ccc(Cl)cc3Cl)[C@]3(C(=O)Nc4ccccc43)[C@H]3c4ccccc4C=CN23)cc1. The summed E-state index contributed by atoms with van der Waals surface area (Å²) in [6.45, 7) is 1.29. The van der Waals surface area contributed by atoms with Crippen molar-refractivity contribution >= 4 is 58.4 Å². The van der Waals surface area contributed by atoms with Gasteiger partial charge in [0.25, 0.3) is 0 Å². The predicted octanol–water partition coefficient (Wildman–Crippen LogP) is 6.90. The van der Waals surface area contributed by atoms with Gasteiger partial charge in [-0.05, 0) is 71.3 Å². The molecule has 1 fully saturated rings. The number of rotatable bonds is 5. The summed E-state index contributed by atoms with van der Waals surface area (Å²) in [4.78, 5) is 57.4. The maximum atomic E-state index is 14.9. The first-order chi connectivity index (χ1) is 21.2. The zero-order valence-electron chi connectivity index (χ0n) is 23.3. The molecular formula is C35H24Cl2N2O5. The van der Waals surface area contributed by atoms with Crippen LogP contribution in [0.5, 0.6) is 5.75 Å². The Bertz CT molecular complexity index is 1920. The average Bonchev–Trinajstić information content (AvgIpc) is 3.49. The molecule has 0 aliphatic carbocycles. The number of ketones is 2. The summed E-state index contributed by atoms with van der Waals surface area (Å²) >= 11 is 12.8. The number of Topliss-reactive ketones (excluding diaryl/α,β-unsaturated/α-hetero) is 2. The summed E-state index contributed by atoms with van der Waals surface area (Å²) < 4.78 is 5.16. The molecule has 1 N–H and O–H groups in total. The summed E-state index contributed by atoms with van der Waals surface area (Å²) in [5.74, 6) is -2.59. The largest absolute Gasteiger partial charge is 0.427 e. The molecule has 0 aromatic heterocycles. The van der Waals surface area contributed by atoms with Crippen molar-refractivity contribution in [2.45, 2.75) is 24.4 Å². The first-order valence-electron chi connectivity index (χ1n) is 14.0. The van der Waals surface area contributed by atoms with E-state index in [2.05, 4.69) is 5.32 Å². The Labute approximate surface area is 263 Å². The number of hydrogen-bond acceptors (Lipinski definition) is 6. The summed E-state index contributed by atoms with van der Waals surface area (Å²) in [7, 11) is 0. The molecule has 1 saturated heterocycles. The molecule has 0 bridgehead atoms. The molecule has 218 valence electrons. The van der Waals surface area contributed by atoms with Crippen molar-refractivity contribution in [1.82, 2.24) is 4.90 Å². The number of carbonyl (C=O) groups is 4. The Morgan fingerprint density at radius 2 is 1.61 bits per heavy atom.